The van der Waals surface area contributed by atoms with Crippen LogP contribution in [0.4, 0.5) is 4.39 Å². The highest BCUT2D eigenvalue weighted by Crippen LogP contribution is 2.05. The highest BCUT2D eigenvalue weighted by molar-refractivity contribution is 5.94. The van der Waals surface area contributed by atoms with E-state index in [-0.39, 0.29) is 17.5 Å². The van der Waals surface area contributed by atoms with Crippen LogP contribution in [0.25, 0.3) is 0 Å². The molecule has 0 radical (unpaired) electrons. The molecule has 1 aromatic rings. The molecule has 1 N–H and O–H groups in total. The second kappa shape index (κ2) is 6.32. The molecule has 0 fully saturated rings. The minimum atomic E-state index is -0.535. The minimum absolute atomic E-state index is 0.266. The molecule has 0 aliphatic carbocycles. The van der Waals surface area contributed by atoms with E-state index in [2.05, 4.69) is 5.32 Å². The van der Waals surface area contributed by atoms with E-state index < -0.39 is 12.1 Å². The SMILES string of the molecule is COC(OC)C(C)NC(=O)c1cccc(F)c1. The summed E-state index contributed by atoms with van der Waals surface area (Å²) in [5.74, 6) is -0.809. The van der Waals surface area contributed by atoms with Gasteiger partial charge in [-0.1, -0.05) is 6.07 Å². The zero-order valence-electron chi connectivity index (χ0n) is 10.1. The Morgan fingerprint density at radius 1 is 1.35 bits per heavy atom. The third kappa shape index (κ3) is 3.80. The number of hydrogen-bond donors (Lipinski definition) is 1. The first-order valence-corrected chi connectivity index (χ1v) is 5.20. The Morgan fingerprint density at radius 3 is 2.53 bits per heavy atom. The molecule has 0 aliphatic rings. The highest BCUT2D eigenvalue weighted by atomic mass is 19.1. The lowest BCUT2D eigenvalue weighted by atomic mass is 10.2. The minimum Gasteiger partial charge on any atom is -0.354 e. The zero-order valence-corrected chi connectivity index (χ0v) is 10.1. The van der Waals surface area contributed by atoms with Crippen molar-refractivity contribution in [1.29, 1.82) is 0 Å². The van der Waals surface area contributed by atoms with Crippen LogP contribution in [0.15, 0.2) is 24.3 Å². The second-order valence-corrected chi connectivity index (χ2v) is 3.61. The molecule has 0 saturated carbocycles. The number of ether oxygens (including phenoxy) is 2. The maximum absolute atomic E-state index is 12.9. The van der Waals surface area contributed by atoms with Crippen LogP contribution in [0, 0.1) is 5.82 Å². The number of halogens is 1. The van der Waals surface area contributed by atoms with Gasteiger partial charge in [0.15, 0.2) is 6.29 Å². The van der Waals surface area contributed by atoms with Gasteiger partial charge >= 0.3 is 0 Å². The smallest absolute Gasteiger partial charge is 0.251 e. The van der Waals surface area contributed by atoms with E-state index in [4.69, 9.17) is 9.47 Å². The lowest BCUT2D eigenvalue weighted by Gasteiger charge is -2.22. The summed E-state index contributed by atoms with van der Waals surface area (Å²) in [5, 5.41) is 2.67. The molecule has 0 aliphatic heterocycles. The van der Waals surface area contributed by atoms with Crippen molar-refractivity contribution >= 4 is 5.91 Å². The van der Waals surface area contributed by atoms with E-state index in [1.54, 1.807) is 13.0 Å². The van der Waals surface area contributed by atoms with Gasteiger partial charge in [-0.25, -0.2) is 4.39 Å². The molecule has 0 bridgehead atoms. The molecule has 17 heavy (non-hydrogen) atoms. The Bertz CT molecular complexity index is 380. The third-order valence-corrected chi connectivity index (χ3v) is 2.32. The molecule has 0 aromatic heterocycles. The fourth-order valence-electron chi connectivity index (χ4n) is 1.49. The molecule has 1 rings (SSSR count). The number of carbonyl (C=O) groups excluding carboxylic acids is 1. The summed E-state index contributed by atoms with van der Waals surface area (Å²) in [6.07, 6.45) is -0.535. The van der Waals surface area contributed by atoms with Crippen molar-refractivity contribution in [3.8, 4) is 0 Å². The van der Waals surface area contributed by atoms with Gasteiger partial charge in [0.2, 0.25) is 0 Å². The van der Waals surface area contributed by atoms with Gasteiger partial charge in [-0.05, 0) is 25.1 Å². The first kappa shape index (κ1) is 13.6. The van der Waals surface area contributed by atoms with E-state index in [1.165, 1.54) is 32.4 Å². The van der Waals surface area contributed by atoms with Crippen LogP contribution in [0.3, 0.4) is 0 Å². The van der Waals surface area contributed by atoms with Crippen molar-refractivity contribution in [2.75, 3.05) is 14.2 Å². The summed E-state index contributed by atoms with van der Waals surface area (Å²) in [4.78, 5) is 11.8. The largest absolute Gasteiger partial charge is 0.354 e. The molecule has 4 nitrogen and oxygen atoms in total. The van der Waals surface area contributed by atoms with Crippen molar-refractivity contribution in [2.45, 2.75) is 19.3 Å². The van der Waals surface area contributed by atoms with Gasteiger partial charge in [0.25, 0.3) is 5.91 Å². The van der Waals surface area contributed by atoms with E-state index in [0.29, 0.717) is 0 Å². The molecule has 5 heteroatoms. The summed E-state index contributed by atoms with van der Waals surface area (Å²) < 4.78 is 22.9. The molecular weight excluding hydrogens is 225 g/mol. The van der Waals surface area contributed by atoms with Crippen LogP contribution in [-0.2, 0) is 9.47 Å². The van der Waals surface area contributed by atoms with E-state index in [9.17, 15) is 9.18 Å². The van der Waals surface area contributed by atoms with E-state index in [1.807, 2.05) is 0 Å². The number of rotatable bonds is 5. The monoisotopic (exact) mass is 241 g/mol. The average Bonchev–Trinajstić information content (AvgIpc) is 2.30. The summed E-state index contributed by atoms with van der Waals surface area (Å²) >= 11 is 0. The standard InChI is InChI=1S/C12H16FNO3/c1-8(12(16-2)17-3)14-11(15)9-5-4-6-10(13)7-9/h4-8,12H,1-3H3,(H,14,15). The summed E-state index contributed by atoms with van der Waals surface area (Å²) in [5.41, 5.74) is 0.266. The lowest BCUT2D eigenvalue weighted by Crippen LogP contribution is -2.42. The van der Waals surface area contributed by atoms with Gasteiger partial charge in [0.1, 0.15) is 5.82 Å². The molecular formula is C12H16FNO3. The molecule has 1 unspecified atom stereocenters. The second-order valence-electron chi connectivity index (χ2n) is 3.61. The van der Waals surface area contributed by atoms with Crippen LogP contribution in [0.5, 0.6) is 0 Å². The van der Waals surface area contributed by atoms with Gasteiger partial charge < -0.3 is 14.8 Å². The predicted molar refractivity (Wildman–Crippen MR) is 61.1 cm³/mol. The quantitative estimate of drug-likeness (QED) is 0.796. The summed E-state index contributed by atoms with van der Waals surface area (Å²) in [6, 6.07) is 5.16. The molecule has 1 amide bonds. The number of benzene rings is 1. The lowest BCUT2D eigenvalue weighted by molar-refractivity contribution is -0.117. The summed E-state index contributed by atoms with van der Waals surface area (Å²) in [7, 11) is 2.97. The molecule has 0 heterocycles. The van der Waals surface area contributed by atoms with Crippen LogP contribution in [0.1, 0.15) is 17.3 Å². The Morgan fingerprint density at radius 2 is 2.00 bits per heavy atom. The topological polar surface area (TPSA) is 47.6 Å². The molecule has 0 saturated heterocycles. The number of carbonyl (C=O) groups is 1. The van der Waals surface area contributed by atoms with Gasteiger partial charge in [0.05, 0.1) is 6.04 Å². The molecule has 1 aromatic carbocycles. The van der Waals surface area contributed by atoms with Crippen LogP contribution in [-0.4, -0.2) is 32.5 Å². The van der Waals surface area contributed by atoms with E-state index >= 15 is 0 Å². The number of hydrogen-bond acceptors (Lipinski definition) is 3. The van der Waals surface area contributed by atoms with Crippen LogP contribution in [0.2, 0.25) is 0 Å². The maximum atomic E-state index is 12.9. The maximum Gasteiger partial charge on any atom is 0.251 e. The summed E-state index contributed by atoms with van der Waals surface area (Å²) in [6.45, 7) is 1.74. The molecule has 1 atom stereocenters. The number of nitrogens with one attached hydrogen (secondary N) is 1. The third-order valence-electron chi connectivity index (χ3n) is 2.32. The molecule has 94 valence electrons. The first-order chi connectivity index (χ1) is 8.08. The Labute approximate surface area is 99.7 Å². The molecule has 0 spiro atoms. The normalized spacial score (nSPS) is 12.5. The Balaban J connectivity index is 2.66. The first-order valence-electron chi connectivity index (χ1n) is 5.20. The number of amides is 1. The van der Waals surface area contributed by atoms with Crippen molar-refractivity contribution in [3.63, 3.8) is 0 Å². The van der Waals surface area contributed by atoms with Gasteiger partial charge in [-0.15, -0.1) is 0 Å². The fraction of sp³-hybridized carbons (Fsp3) is 0.417. The Hall–Kier alpha value is -1.46. The predicted octanol–water partition coefficient (Wildman–Crippen LogP) is 1.56. The van der Waals surface area contributed by atoms with Crippen LogP contribution >= 0.6 is 0 Å². The van der Waals surface area contributed by atoms with Gasteiger partial charge in [-0.2, -0.15) is 0 Å². The van der Waals surface area contributed by atoms with Gasteiger partial charge in [-0.3, -0.25) is 4.79 Å². The zero-order chi connectivity index (χ0) is 12.8. The Kier molecular flexibility index (Phi) is 5.06. The fourth-order valence-corrected chi connectivity index (χ4v) is 1.49. The van der Waals surface area contributed by atoms with Crippen molar-refractivity contribution in [1.82, 2.24) is 5.32 Å². The van der Waals surface area contributed by atoms with Crippen molar-refractivity contribution in [3.05, 3.63) is 35.6 Å². The van der Waals surface area contributed by atoms with Gasteiger partial charge in [0, 0.05) is 19.8 Å². The average molecular weight is 241 g/mol. The van der Waals surface area contributed by atoms with Crippen molar-refractivity contribution in [2.24, 2.45) is 0 Å². The van der Waals surface area contributed by atoms with E-state index in [0.717, 1.165) is 0 Å². The number of methoxy groups -OCH3 is 2. The van der Waals surface area contributed by atoms with Crippen LogP contribution < -0.4 is 5.32 Å². The van der Waals surface area contributed by atoms with Crippen molar-refractivity contribution < 1.29 is 18.7 Å². The highest BCUT2D eigenvalue weighted by Gasteiger charge is 2.18.